The lowest BCUT2D eigenvalue weighted by Gasteiger charge is -2.48. The summed E-state index contributed by atoms with van der Waals surface area (Å²) in [6.45, 7) is 3.66. The van der Waals surface area contributed by atoms with Crippen LogP contribution in [-0.4, -0.2) is 90.1 Å². The van der Waals surface area contributed by atoms with Crippen LogP contribution in [0.5, 0.6) is 0 Å². The van der Waals surface area contributed by atoms with Crippen molar-refractivity contribution >= 4 is 17.8 Å². The topological polar surface area (TPSA) is 82.2 Å². The van der Waals surface area contributed by atoms with Gasteiger partial charge in [0.1, 0.15) is 12.1 Å². The van der Waals surface area contributed by atoms with E-state index in [0.29, 0.717) is 19.4 Å². The zero-order valence-corrected chi connectivity index (χ0v) is 18.3. The lowest BCUT2D eigenvalue weighted by molar-refractivity contribution is -0.137. The summed E-state index contributed by atoms with van der Waals surface area (Å²) in [5, 5.41) is 3.08. The van der Waals surface area contributed by atoms with Crippen LogP contribution in [0.2, 0.25) is 0 Å². The van der Waals surface area contributed by atoms with Crippen molar-refractivity contribution in [3.63, 3.8) is 0 Å². The molecule has 0 unspecified atom stereocenters. The smallest absolute Gasteiger partial charge is 0.327 e. The third-order valence-corrected chi connectivity index (χ3v) is 7.87. The number of hydrogen-bond acceptors (Lipinski definition) is 5. The Labute approximate surface area is 179 Å². The number of likely N-dealkylation sites (N-methyl/N-ethyl adjacent to an activating group) is 1. The number of ether oxygens (including phenoxy) is 1. The van der Waals surface area contributed by atoms with Crippen molar-refractivity contribution in [2.75, 3.05) is 46.4 Å². The van der Waals surface area contributed by atoms with E-state index in [1.165, 1.54) is 24.2 Å². The minimum absolute atomic E-state index is 0.0297. The summed E-state index contributed by atoms with van der Waals surface area (Å²) in [6.07, 6.45) is 10.1. The van der Waals surface area contributed by atoms with Gasteiger partial charge in [0.05, 0.1) is 13.2 Å². The van der Waals surface area contributed by atoms with Gasteiger partial charge in [-0.3, -0.25) is 19.4 Å². The molecule has 0 atom stereocenters. The fourth-order valence-electron chi connectivity index (χ4n) is 5.99. The number of amides is 4. The first-order valence-electron chi connectivity index (χ1n) is 11.7. The molecule has 4 rings (SSSR count). The second-order valence-corrected chi connectivity index (χ2v) is 9.49. The minimum Gasteiger partial charge on any atom is -0.379 e. The summed E-state index contributed by atoms with van der Waals surface area (Å²) >= 11 is 0. The zero-order chi connectivity index (χ0) is 21.2. The van der Waals surface area contributed by atoms with E-state index in [2.05, 4.69) is 10.2 Å². The molecule has 2 heterocycles. The van der Waals surface area contributed by atoms with Crippen molar-refractivity contribution in [3.05, 3.63) is 0 Å². The third-order valence-electron chi connectivity index (χ3n) is 7.87. The van der Waals surface area contributed by atoms with E-state index in [-0.39, 0.29) is 29.9 Å². The van der Waals surface area contributed by atoms with Gasteiger partial charge in [0.15, 0.2) is 0 Å². The highest BCUT2D eigenvalue weighted by Crippen LogP contribution is 2.39. The van der Waals surface area contributed by atoms with Crippen LogP contribution in [0.3, 0.4) is 0 Å². The predicted molar refractivity (Wildman–Crippen MR) is 112 cm³/mol. The second-order valence-electron chi connectivity index (χ2n) is 9.49. The minimum atomic E-state index is -0.728. The van der Waals surface area contributed by atoms with Crippen molar-refractivity contribution in [2.45, 2.75) is 75.3 Å². The number of imide groups is 1. The van der Waals surface area contributed by atoms with Crippen molar-refractivity contribution in [1.82, 2.24) is 20.0 Å². The molecule has 0 radical (unpaired) electrons. The van der Waals surface area contributed by atoms with Crippen molar-refractivity contribution < 1.29 is 19.1 Å². The summed E-state index contributed by atoms with van der Waals surface area (Å²) < 4.78 is 5.52. The van der Waals surface area contributed by atoms with Gasteiger partial charge in [0, 0.05) is 32.2 Å². The quantitative estimate of drug-likeness (QED) is 0.685. The largest absolute Gasteiger partial charge is 0.379 e. The first-order valence-corrected chi connectivity index (χ1v) is 11.7. The maximum atomic E-state index is 13.1. The van der Waals surface area contributed by atoms with Gasteiger partial charge in [0.25, 0.3) is 5.91 Å². The standard InChI is InChI=1S/C22H36N4O4/c1-24-20(29)26(19(28)22(24)10-6-3-7-11-22)16-18(27)23-17-21(8-4-2-5-9-21)25-12-14-30-15-13-25/h2-17H2,1H3,(H,23,27). The monoisotopic (exact) mass is 420 g/mol. The van der Waals surface area contributed by atoms with Crippen LogP contribution in [-0.2, 0) is 14.3 Å². The molecule has 0 aromatic heterocycles. The molecule has 8 nitrogen and oxygen atoms in total. The first-order chi connectivity index (χ1) is 14.5. The van der Waals surface area contributed by atoms with Crippen LogP contribution < -0.4 is 5.32 Å². The molecule has 2 saturated heterocycles. The SMILES string of the molecule is CN1C(=O)N(CC(=O)NCC2(N3CCOCC3)CCCCC2)C(=O)C12CCCCC2. The molecule has 0 aromatic rings. The second kappa shape index (κ2) is 8.83. The normalized spacial score (nSPS) is 27.0. The molecule has 2 aliphatic carbocycles. The highest BCUT2D eigenvalue weighted by atomic mass is 16.5. The van der Waals surface area contributed by atoms with Gasteiger partial charge in [-0.2, -0.15) is 0 Å². The zero-order valence-electron chi connectivity index (χ0n) is 18.3. The van der Waals surface area contributed by atoms with Gasteiger partial charge in [-0.05, 0) is 25.7 Å². The van der Waals surface area contributed by atoms with Crippen LogP contribution >= 0.6 is 0 Å². The number of hydrogen-bond donors (Lipinski definition) is 1. The van der Waals surface area contributed by atoms with Crippen LogP contribution in [0.25, 0.3) is 0 Å². The van der Waals surface area contributed by atoms with Gasteiger partial charge in [0.2, 0.25) is 5.91 Å². The molecule has 1 spiro atoms. The number of rotatable bonds is 5. The van der Waals surface area contributed by atoms with E-state index in [1.807, 2.05) is 0 Å². The van der Waals surface area contributed by atoms with Crippen LogP contribution in [0.4, 0.5) is 4.79 Å². The van der Waals surface area contributed by atoms with Gasteiger partial charge in [-0.15, -0.1) is 0 Å². The van der Waals surface area contributed by atoms with E-state index in [0.717, 1.165) is 58.4 Å². The summed E-state index contributed by atoms with van der Waals surface area (Å²) in [5.74, 6) is -0.429. The number of nitrogens with zero attached hydrogens (tertiary/aromatic N) is 3. The molecule has 4 fully saturated rings. The fraction of sp³-hybridized carbons (Fsp3) is 0.864. The van der Waals surface area contributed by atoms with Crippen LogP contribution in [0.15, 0.2) is 0 Å². The summed E-state index contributed by atoms with van der Waals surface area (Å²) in [4.78, 5) is 43.9. The molecule has 4 aliphatic rings. The molecular formula is C22H36N4O4. The van der Waals surface area contributed by atoms with Crippen molar-refractivity contribution in [3.8, 4) is 0 Å². The number of carbonyl (C=O) groups excluding carboxylic acids is 3. The van der Waals surface area contributed by atoms with Crippen molar-refractivity contribution in [2.24, 2.45) is 0 Å². The van der Waals surface area contributed by atoms with Gasteiger partial charge in [-0.1, -0.05) is 38.5 Å². The molecule has 0 bridgehead atoms. The molecule has 0 aromatic carbocycles. The van der Waals surface area contributed by atoms with Gasteiger partial charge in [-0.25, -0.2) is 4.79 Å². The van der Waals surface area contributed by atoms with Gasteiger partial charge >= 0.3 is 6.03 Å². The Morgan fingerprint density at radius 1 is 0.967 bits per heavy atom. The van der Waals surface area contributed by atoms with E-state index < -0.39 is 5.54 Å². The number of carbonyl (C=O) groups is 3. The van der Waals surface area contributed by atoms with E-state index in [9.17, 15) is 14.4 Å². The van der Waals surface area contributed by atoms with E-state index in [1.54, 1.807) is 11.9 Å². The average molecular weight is 421 g/mol. The Balaban J connectivity index is 1.39. The lowest BCUT2D eigenvalue weighted by Crippen LogP contribution is -2.60. The molecule has 168 valence electrons. The molecule has 1 N–H and O–H groups in total. The maximum absolute atomic E-state index is 13.1. The molecular weight excluding hydrogens is 384 g/mol. The Morgan fingerprint density at radius 2 is 1.57 bits per heavy atom. The maximum Gasteiger partial charge on any atom is 0.327 e. The first kappa shape index (κ1) is 21.6. The Hall–Kier alpha value is -1.67. The molecule has 30 heavy (non-hydrogen) atoms. The number of nitrogens with one attached hydrogen (secondary N) is 1. The van der Waals surface area contributed by atoms with E-state index in [4.69, 9.17) is 4.74 Å². The lowest BCUT2D eigenvalue weighted by atomic mass is 9.79. The highest BCUT2D eigenvalue weighted by Gasteiger charge is 2.55. The number of urea groups is 1. The summed E-state index contributed by atoms with van der Waals surface area (Å²) in [6, 6.07) is -0.336. The average Bonchev–Trinajstić information content (AvgIpc) is 2.96. The highest BCUT2D eigenvalue weighted by molar-refractivity contribution is 6.08. The van der Waals surface area contributed by atoms with Crippen LogP contribution in [0.1, 0.15) is 64.2 Å². The molecule has 2 saturated carbocycles. The Kier molecular flexibility index (Phi) is 6.34. The van der Waals surface area contributed by atoms with Gasteiger partial charge < -0.3 is 15.0 Å². The fourth-order valence-corrected chi connectivity index (χ4v) is 5.99. The summed E-state index contributed by atoms with van der Waals surface area (Å²) in [7, 11) is 1.71. The van der Waals surface area contributed by atoms with E-state index >= 15 is 0 Å². The molecule has 4 amide bonds. The number of morpholine rings is 1. The predicted octanol–water partition coefficient (Wildman–Crippen LogP) is 1.73. The van der Waals surface area contributed by atoms with Crippen LogP contribution in [0, 0.1) is 0 Å². The third kappa shape index (κ3) is 3.84. The Bertz CT molecular complexity index is 664. The molecule has 8 heteroatoms. The van der Waals surface area contributed by atoms with Crippen molar-refractivity contribution in [1.29, 1.82) is 0 Å². The Morgan fingerprint density at radius 3 is 2.20 bits per heavy atom. The molecule has 2 aliphatic heterocycles. The summed E-state index contributed by atoms with van der Waals surface area (Å²) in [5.41, 5.74) is -0.758.